The molecule has 0 aromatic carbocycles. The van der Waals surface area contributed by atoms with Gasteiger partial charge in [0.1, 0.15) is 6.61 Å². The van der Waals surface area contributed by atoms with Gasteiger partial charge in [-0.2, -0.15) is 0 Å². The van der Waals surface area contributed by atoms with Gasteiger partial charge in [-0.3, -0.25) is 9.69 Å². The van der Waals surface area contributed by atoms with Crippen LogP contribution in [0.5, 0.6) is 5.88 Å². The van der Waals surface area contributed by atoms with Crippen LogP contribution < -0.4 is 10.1 Å². The molecule has 7 heteroatoms. The Morgan fingerprint density at radius 2 is 2.18 bits per heavy atom. The van der Waals surface area contributed by atoms with Gasteiger partial charge in [0, 0.05) is 44.5 Å². The molecule has 1 aliphatic rings. The minimum absolute atomic E-state index is 0.0271. The van der Waals surface area contributed by atoms with Crippen LogP contribution in [-0.2, 0) is 16.1 Å². The van der Waals surface area contributed by atoms with Crippen molar-refractivity contribution in [2.75, 3.05) is 33.9 Å². The quantitative estimate of drug-likeness (QED) is 0.848. The van der Waals surface area contributed by atoms with Gasteiger partial charge in [-0.05, 0) is 18.9 Å². The number of rotatable bonds is 6. The molecule has 1 aromatic heterocycles. The summed E-state index contributed by atoms with van der Waals surface area (Å²) in [6.45, 7) is 2.22. The smallest absolute Gasteiger partial charge is 0.250 e. The number of piperidine rings is 1. The molecule has 0 spiro atoms. The van der Waals surface area contributed by atoms with Crippen molar-refractivity contribution < 1.29 is 18.7 Å². The maximum atomic E-state index is 14.1. The summed E-state index contributed by atoms with van der Waals surface area (Å²) in [6, 6.07) is 1.83. The second-order valence-electron chi connectivity index (χ2n) is 5.34. The molecule has 6 nitrogen and oxygen atoms in total. The zero-order chi connectivity index (χ0) is 15.9. The Bertz CT molecular complexity index is 505. The van der Waals surface area contributed by atoms with E-state index in [4.69, 9.17) is 9.47 Å². The molecular formula is C15H22FN3O3. The Hall–Kier alpha value is -1.73. The molecule has 0 bridgehead atoms. The van der Waals surface area contributed by atoms with Gasteiger partial charge in [-0.1, -0.05) is 0 Å². The number of methoxy groups -OCH3 is 2. The lowest BCUT2D eigenvalue weighted by Gasteiger charge is -2.32. The topological polar surface area (TPSA) is 63.7 Å². The Morgan fingerprint density at radius 1 is 1.45 bits per heavy atom. The molecule has 2 heterocycles. The first kappa shape index (κ1) is 16.6. The molecule has 122 valence electrons. The van der Waals surface area contributed by atoms with Crippen LogP contribution in [0.4, 0.5) is 4.39 Å². The number of nitrogens with zero attached hydrogens (tertiary/aromatic N) is 2. The molecule has 1 saturated heterocycles. The van der Waals surface area contributed by atoms with Crippen LogP contribution >= 0.6 is 0 Å². The highest BCUT2D eigenvalue weighted by Crippen LogP contribution is 2.20. The number of pyridine rings is 1. The van der Waals surface area contributed by atoms with E-state index in [0.717, 1.165) is 25.9 Å². The van der Waals surface area contributed by atoms with E-state index in [-0.39, 0.29) is 24.4 Å². The number of halogens is 1. The first-order valence-corrected chi connectivity index (χ1v) is 7.32. The van der Waals surface area contributed by atoms with Crippen molar-refractivity contribution in [2.24, 2.45) is 0 Å². The van der Waals surface area contributed by atoms with E-state index in [9.17, 15) is 9.18 Å². The van der Waals surface area contributed by atoms with E-state index < -0.39 is 5.82 Å². The van der Waals surface area contributed by atoms with E-state index in [0.29, 0.717) is 12.1 Å². The molecule has 1 fully saturated rings. The van der Waals surface area contributed by atoms with Crippen molar-refractivity contribution >= 4 is 5.91 Å². The van der Waals surface area contributed by atoms with Crippen LogP contribution in [0.25, 0.3) is 0 Å². The molecule has 22 heavy (non-hydrogen) atoms. The van der Waals surface area contributed by atoms with E-state index in [2.05, 4.69) is 15.2 Å². The van der Waals surface area contributed by atoms with Crippen molar-refractivity contribution in [1.29, 1.82) is 0 Å². The summed E-state index contributed by atoms with van der Waals surface area (Å²) in [4.78, 5) is 17.5. The summed E-state index contributed by atoms with van der Waals surface area (Å²) in [5.74, 6) is -0.467. The number of aromatic nitrogens is 1. The number of carbonyl (C=O) groups is 1. The summed E-state index contributed by atoms with van der Waals surface area (Å²) < 4.78 is 23.8. The molecular weight excluding hydrogens is 289 g/mol. The van der Waals surface area contributed by atoms with Gasteiger partial charge in [-0.15, -0.1) is 0 Å². The van der Waals surface area contributed by atoms with Crippen molar-refractivity contribution in [2.45, 2.75) is 25.4 Å². The van der Waals surface area contributed by atoms with Gasteiger partial charge >= 0.3 is 0 Å². The van der Waals surface area contributed by atoms with E-state index in [1.54, 1.807) is 12.3 Å². The first-order chi connectivity index (χ1) is 10.6. The normalized spacial score (nSPS) is 16.5. The number of carbonyl (C=O) groups excluding carboxylic acids is 1. The second-order valence-corrected chi connectivity index (χ2v) is 5.34. The fourth-order valence-electron chi connectivity index (χ4n) is 2.60. The van der Waals surface area contributed by atoms with Crippen molar-refractivity contribution in [1.82, 2.24) is 15.2 Å². The average molecular weight is 311 g/mol. The van der Waals surface area contributed by atoms with E-state index in [1.807, 2.05) is 0 Å². The van der Waals surface area contributed by atoms with Crippen LogP contribution in [0.1, 0.15) is 18.4 Å². The maximum Gasteiger partial charge on any atom is 0.250 e. The van der Waals surface area contributed by atoms with Gasteiger partial charge in [0.2, 0.25) is 11.8 Å². The fraction of sp³-hybridized carbons (Fsp3) is 0.600. The molecule has 2 rings (SSSR count). The van der Waals surface area contributed by atoms with Gasteiger partial charge < -0.3 is 14.8 Å². The Morgan fingerprint density at radius 3 is 2.82 bits per heavy atom. The van der Waals surface area contributed by atoms with Gasteiger partial charge in [0.15, 0.2) is 5.82 Å². The second kappa shape index (κ2) is 8.05. The van der Waals surface area contributed by atoms with Gasteiger partial charge in [0.05, 0.1) is 7.11 Å². The van der Waals surface area contributed by atoms with Crippen LogP contribution in [0.2, 0.25) is 0 Å². The number of amides is 1. The van der Waals surface area contributed by atoms with Crippen molar-refractivity contribution in [3.63, 3.8) is 0 Å². The zero-order valence-electron chi connectivity index (χ0n) is 13.0. The van der Waals surface area contributed by atoms with Gasteiger partial charge in [-0.25, -0.2) is 9.37 Å². The molecule has 1 amide bonds. The van der Waals surface area contributed by atoms with E-state index in [1.165, 1.54) is 14.2 Å². The van der Waals surface area contributed by atoms with E-state index >= 15 is 0 Å². The van der Waals surface area contributed by atoms with Crippen LogP contribution in [0.3, 0.4) is 0 Å². The lowest BCUT2D eigenvalue weighted by molar-refractivity contribution is -0.125. The molecule has 0 saturated carbocycles. The third kappa shape index (κ3) is 4.38. The predicted molar refractivity (Wildman–Crippen MR) is 79.1 cm³/mol. The lowest BCUT2D eigenvalue weighted by atomic mass is 10.0. The maximum absolute atomic E-state index is 14.1. The van der Waals surface area contributed by atoms with Crippen LogP contribution in [-0.4, -0.2) is 55.7 Å². The number of nitrogens with one attached hydrogen (secondary N) is 1. The first-order valence-electron chi connectivity index (χ1n) is 7.32. The summed E-state index contributed by atoms with van der Waals surface area (Å²) in [6.07, 6.45) is 3.24. The van der Waals surface area contributed by atoms with Crippen LogP contribution in [0.15, 0.2) is 12.3 Å². The predicted octanol–water partition coefficient (Wildman–Crippen LogP) is 0.956. The minimum Gasteiger partial charge on any atom is -0.479 e. The SMILES string of the molecule is COCC(=O)NC1CCN(Cc2ccnc(OC)c2F)CC1. The average Bonchev–Trinajstić information content (AvgIpc) is 2.51. The summed E-state index contributed by atoms with van der Waals surface area (Å²) in [5, 5.41) is 2.94. The number of ether oxygens (including phenoxy) is 2. The molecule has 1 aromatic rings. The van der Waals surface area contributed by atoms with Crippen LogP contribution in [0, 0.1) is 5.82 Å². The molecule has 1 aliphatic heterocycles. The number of likely N-dealkylation sites (tertiary alicyclic amines) is 1. The molecule has 0 radical (unpaired) electrons. The van der Waals surface area contributed by atoms with Crippen molar-refractivity contribution in [3.8, 4) is 5.88 Å². The standard InChI is InChI=1S/C15H22FN3O3/c1-21-10-13(20)18-12-4-7-19(8-5-12)9-11-3-6-17-15(22-2)14(11)16/h3,6,12H,4-5,7-10H2,1-2H3,(H,18,20). The molecule has 0 atom stereocenters. The zero-order valence-corrected chi connectivity index (χ0v) is 13.0. The highest BCUT2D eigenvalue weighted by molar-refractivity contribution is 5.77. The highest BCUT2D eigenvalue weighted by Gasteiger charge is 2.22. The monoisotopic (exact) mass is 311 g/mol. The molecule has 0 unspecified atom stereocenters. The fourth-order valence-corrected chi connectivity index (χ4v) is 2.60. The Balaban J connectivity index is 1.84. The molecule has 1 N–H and O–H groups in total. The summed E-state index contributed by atoms with van der Waals surface area (Å²) in [7, 11) is 2.91. The Labute approximate surface area is 129 Å². The van der Waals surface area contributed by atoms with Gasteiger partial charge in [0.25, 0.3) is 0 Å². The summed E-state index contributed by atoms with van der Waals surface area (Å²) >= 11 is 0. The highest BCUT2D eigenvalue weighted by atomic mass is 19.1. The lowest BCUT2D eigenvalue weighted by Crippen LogP contribution is -2.45. The largest absolute Gasteiger partial charge is 0.479 e. The Kier molecular flexibility index (Phi) is 6.09. The third-order valence-electron chi connectivity index (χ3n) is 3.75. The molecule has 0 aliphatic carbocycles. The van der Waals surface area contributed by atoms with Crippen molar-refractivity contribution in [3.05, 3.63) is 23.6 Å². The minimum atomic E-state index is -0.402. The number of hydrogen-bond acceptors (Lipinski definition) is 5. The number of hydrogen-bond donors (Lipinski definition) is 1. The third-order valence-corrected chi connectivity index (χ3v) is 3.75. The summed E-state index contributed by atoms with van der Waals surface area (Å²) in [5.41, 5.74) is 0.578.